The standard InChI is InChI=1S/C6H9NO3S2/c1-6-2-3-12(9,10)4(6)11-5(8)7-6/h4H,2-3H2,1H3,(H,7,8). The number of carbonyl (C=O) groups is 1. The average Bonchev–Trinajstić information content (AvgIpc) is 2.32. The molecule has 1 N–H and O–H groups in total. The van der Waals surface area contributed by atoms with Gasteiger partial charge in [0, 0.05) is 0 Å². The molecule has 0 aromatic rings. The van der Waals surface area contributed by atoms with Crippen LogP contribution in [0.1, 0.15) is 13.3 Å². The van der Waals surface area contributed by atoms with Crippen LogP contribution in [0.25, 0.3) is 0 Å². The maximum Gasteiger partial charge on any atom is 0.280 e. The Morgan fingerprint density at radius 2 is 2.33 bits per heavy atom. The van der Waals surface area contributed by atoms with Gasteiger partial charge in [-0.1, -0.05) is 0 Å². The molecular formula is C6H9NO3S2. The van der Waals surface area contributed by atoms with Crippen LogP contribution in [0.5, 0.6) is 0 Å². The lowest BCUT2D eigenvalue weighted by Crippen LogP contribution is -2.42. The molecule has 2 fully saturated rings. The Morgan fingerprint density at radius 3 is 2.92 bits per heavy atom. The molecule has 0 aliphatic carbocycles. The Hall–Kier alpha value is -0.230. The van der Waals surface area contributed by atoms with E-state index >= 15 is 0 Å². The number of rotatable bonds is 0. The summed E-state index contributed by atoms with van der Waals surface area (Å²) in [6.45, 7) is 1.79. The van der Waals surface area contributed by atoms with Gasteiger partial charge >= 0.3 is 0 Å². The fourth-order valence-electron chi connectivity index (χ4n) is 1.66. The summed E-state index contributed by atoms with van der Waals surface area (Å²) in [6, 6.07) is 0. The van der Waals surface area contributed by atoms with Crippen molar-refractivity contribution >= 4 is 26.8 Å². The van der Waals surface area contributed by atoms with Gasteiger partial charge in [0.1, 0.15) is 4.58 Å². The molecule has 68 valence electrons. The second-order valence-electron chi connectivity index (χ2n) is 3.40. The van der Waals surface area contributed by atoms with Crippen LogP contribution in [-0.2, 0) is 9.84 Å². The number of amides is 1. The number of thioether (sulfide) groups is 1. The van der Waals surface area contributed by atoms with Crippen molar-refractivity contribution in [2.75, 3.05) is 5.75 Å². The van der Waals surface area contributed by atoms with Crippen LogP contribution in [0, 0.1) is 0 Å². The largest absolute Gasteiger partial charge is 0.340 e. The second-order valence-corrected chi connectivity index (χ2v) is 6.98. The van der Waals surface area contributed by atoms with Crippen LogP contribution in [0.2, 0.25) is 0 Å². The van der Waals surface area contributed by atoms with Crippen molar-refractivity contribution in [3.8, 4) is 0 Å². The lowest BCUT2D eigenvalue weighted by Gasteiger charge is -2.19. The van der Waals surface area contributed by atoms with Crippen molar-refractivity contribution < 1.29 is 13.2 Å². The fraction of sp³-hybridized carbons (Fsp3) is 0.833. The number of hydrogen-bond acceptors (Lipinski definition) is 4. The van der Waals surface area contributed by atoms with E-state index in [0.717, 1.165) is 11.8 Å². The molecule has 4 nitrogen and oxygen atoms in total. The molecule has 0 saturated carbocycles. The molecule has 2 aliphatic rings. The average molecular weight is 207 g/mol. The summed E-state index contributed by atoms with van der Waals surface area (Å²) in [4.78, 5) is 10.9. The van der Waals surface area contributed by atoms with Gasteiger partial charge in [-0.2, -0.15) is 0 Å². The molecule has 12 heavy (non-hydrogen) atoms. The number of nitrogens with one attached hydrogen (secondary N) is 1. The summed E-state index contributed by atoms with van der Waals surface area (Å²) in [5.41, 5.74) is -0.513. The van der Waals surface area contributed by atoms with Gasteiger partial charge in [-0.15, -0.1) is 0 Å². The van der Waals surface area contributed by atoms with Gasteiger partial charge in [-0.05, 0) is 25.1 Å². The van der Waals surface area contributed by atoms with Gasteiger partial charge in [-0.25, -0.2) is 8.42 Å². The van der Waals surface area contributed by atoms with E-state index in [9.17, 15) is 13.2 Å². The minimum atomic E-state index is -3.04. The molecule has 0 bridgehead atoms. The van der Waals surface area contributed by atoms with Crippen LogP contribution in [-0.4, -0.2) is 29.5 Å². The van der Waals surface area contributed by atoms with E-state index in [1.54, 1.807) is 6.92 Å². The SMILES string of the molecule is CC12CCS(=O)(=O)C1SC(=O)N2. The number of carbonyl (C=O) groups excluding carboxylic acids is 1. The van der Waals surface area contributed by atoms with Gasteiger partial charge in [0.2, 0.25) is 0 Å². The summed E-state index contributed by atoms with van der Waals surface area (Å²) in [7, 11) is -3.04. The van der Waals surface area contributed by atoms with Crippen LogP contribution >= 0.6 is 11.8 Å². The van der Waals surface area contributed by atoms with Gasteiger partial charge in [0.25, 0.3) is 5.24 Å². The lowest BCUT2D eigenvalue weighted by atomic mass is 10.0. The quantitative estimate of drug-likeness (QED) is 0.622. The van der Waals surface area contributed by atoms with E-state index in [4.69, 9.17) is 0 Å². The van der Waals surface area contributed by atoms with Crippen molar-refractivity contribution in [3.63, 3.8) is 0 Å². The summed E-state index contributed by atoms with van der Waals surface area (Å²) in [5, 5.41) is 2.48. The minimum absolute atomic E-state index is 0.196. The second kappa shape index (κ2) is 2.17. The maximum absolute atomic E-state index is 11.4. The molecule has 0 radical (unpaired) electrons. The Morgan fingerprint density at radius 1 is 1.67 bits per heavy atom. The first-order valence-electron chi connectivity index (χ1n) is 3.64. The molecular weight excluding hydrogens is 198 g/mol. The smallest absolute Gasteiger partial charge is 0.280 e. The lowest BCUT2D eigenvalue weighted by molar-refractivity contribution is 0.254. The third-order valence-electron chi connectivity index (χ3n) is 2.35. The molecule has 0 spiro atoms. The van der Waals surface area contributed by atoms with Crippen LogP contribution in [0.15, 0.2) is 0 Å². The van der Waals surface area contributed by atoms with Gasteiger partial charge in [-0.3, -0.25) is 4.79 Å². The van der Waals surface area contributed by atoms with Crippen LogP contribution in [0.3, 0.4) is 0 Å². The first-order chi connectivity index (χ1) is 5.44. The van der Waals surface area contributed by atoms with E-state index in [1.165, 1.54) is 0 Å². The van der Waals surface area contributed by atoms with E-state index in [0.29, 0.717) is 6.42 Å². The number of sulfone groups is 1. The van der Waals surface area contributed by atoms with Gasteiger partial charge < -0.3 is 5.32 Å². The molecule has 0 aromatic carbocycles. The molecule has 2 rings (SSSR count). The first-order valence-corrected chi connectivity index (χ1v) is 6.24. The van der Waals surface area contributed by atoms with E-state index < -0.39 is 20.0 Å². The molecule has 2 unspecified atom stereocenters. The van der Waals surface area contributed by atoms with E-state index in [2.05, 4.69) is 5.32 Å². The molecule has 2 heterocycles. The summed E-state index contributed by atoms with van der Waals surface area (Å²) >= 11 is 0.904. The highest BCUT2D eigenvalue weighted by molar-refractivity contribution is 8.23. The number of hydrogen-bond donors (Lipinski definition) is 1. The van der Waals surface area contributed by atoms with E-state index in [-0.39, 0.29) is 11.0 Å². The predicted octanol–water partition coefficient (Wildman–Crippen LogP) is 0.346. The Kier molecular flexibility index (Phi) is 1.51. The zero-order valence-corrected chi connectivity index (χ0v) is 8.17. The fourth-order valence-corrected chi connectivity index (χ4v) is 5.61. The van der Waals surface area contributed by atoms with Gasteiger partial charge in [0.15, 0.2) is 9.84 Å². The van der Waals surface area contributed by atoms with Crippen molar-refractivity contribution in [3.05, 3.63) is 0 Å². The number of fused-ring (bicyclic) bond motifs is 1. The van der Waals surface area contributed by atoms with Crippen molar-refractivity contribution in [1.82, 2.24) is 5.32 Å². The van der Waals surface area contributed by atoms with Crippen LogP contribution < -0.4 is 5.32 Å². The van der Waals surface area contributed by atoms with Crippen LogP contribution in [0.4, 0.5) is 4.79 Å². The van der Waals surface area contributed by atoms with Crippen molar-refractivity contribution in [2.45, 2.75) is 23.5 Å². The van der Waals surface area contributed by atoms with Crippen molar-refractivity contribution in [1.29, 1.82) is 0 Å². The highest BCUT2D eigenvalue weighted by Crippen LogP contribution is 2.43. The van der Waals surface area contributed by atoms with Gasteiger partial charge in [0.05, 0.1) is 11.3 Å². The van der Waals surface area contributed by atoms with Crippen molar-refractivity contribution in [2.24, 2.45) is 0 Å². The highest BCUT2D eigenvalue weighted by Gasteiger charge is 2.55. The predicted molar refractivity (Wildman–Crippen MR) is 46.7 cm³/mol. The first kappa shape index (κ1) is 8.37. The summed E-state index contributed by atoms with van der Waals surface area (Å²) in [6.07, 6.45) is 0.540. The molecule has 0 aromatic heterocycles. The molecule has 2 aliphatic heterocycles. The molecule has 2 saturated heterocycles. The summed E-state index contributed by atoms with van der Waals surface area (Å²) < 4.78 is 22.2. The highest BCUT2D eigenvalue weighted by atomic mass is 32.3. The molecule has 6 heteroatoms. The Bertz CT molecular complexity index is 337. The molecule has 1 amide bonds. The molecule has 2 atom stereocenters. The zero-order valence-electron chi connectivity index (χ0n) is 6.53. The monoisotopic (exact) mass is 207 g/mol. The Labute approximate surface area is 75.0 Å². The minimum Gasteiger partial charge on any atom is -0.340 e. The topological polar surface area (TPSA) is 63.2 Å². The third kappa shape index (κ3) is 0.974. The summed E-state index contributed by atoms with van der Waals surface area (Å²) in [5.74, 6) is 0.196. The maximum atomic E-state index is 11.4. The normalized spacial score (nSPS) is 44.1. The van der Waals surface area contributed by atoms with E-state index in [1.807, 2.05) is 0 Å². The third-order valence-corrected chi connectivity index (χ3v) is 6.52. The Balaban J connectivity index is 2.44. The zero-order chi connectivity index (χ0) is 8.98.